The second kappa shape index (κ2) is 5.99. The van der Waals surface area contributed by atoms with Crippen LogP contribution in [0.15, 0.2) is 24.3 Å². The summed E-state index contributed by atoms with van der Waals surface area (Å²) in [6, 6.07) is 7.89. The van der Waals surface area contributed by atoms with Gasteiger partial charge in [-0.2, -0.15) is 0 Å². The SMILES string of the molecule is CC1CCCN(C(=O)C(C)Oc2nn(C)c3ccccc23)C1. The van der Waals surface area contributed by atoms with E-state index in [4.69, 9.17) is 4.74 Å². The molecule has 5 heteroatoms. The van der Waals surface area contributed by atoms with Crippen LogP contribution in [0.4, 0.5) is 0 Å². The van der Waals surface area contributed by atoms with Crippen LogP contribution < -0.4 is 4.74 Å². The van der Waals surface area contributed by atoms with Gasteiger partial charge in [0.05, 0.1) is 10.9 Å². The number of fused-ring (bicyclic) bond motifs is 1. The van der Waals surface area contributed by atoms with Crippen molar-refractivity contribution >= 4 is 16.8 Å². The summed E-state index contributed by atoms with van der Waals surface area (Å²) in [6.07, 6.45) is 1.76. The molecule has 1 fully saturated rings. The van der Waals surface area contributed by atoms with Crippen LogP contribution in [0, 0.1) is 5.92 Å². The summed E-state index contributed by atoms with van der Waals surface area (Å²) in [4.78, 5) is 14.5. The smallest absolute Gasteiger partial charge is 0.263 e. The highest BCUT2D eigenvalue weighted by molar-refractivity contribution is 5.86. The topological polar surface area (TPSA) is 47.4 Å². The first-order valence-electron chi connectivity index (χ1n) is 7.93. The third-order valence-electron chi connectivity index (χ3n) is 4.33. The fourth-order valence-corrected chi connectivity index (χ4v) is 3.13. The van der Waals surface area contributed by atoms with E-state index in [0.717, 1.165) is 30.4 Å². The highest BCUT2D eigenvalue weighted by Gasteiger charge is 2.27. The van der Waals surface area contributed by atoms with Crippen molar-refractivity contribution in [2.45, 2.75) is 32.8 Å². The Hall–Kier alpha value is -2.04. The molecular formula is C17H23N3O2. The standard InChI is InChI=1S/C17H23N3O2/c1-12-7-6-10-20(11-12)17(21)13(2)22-16-14-8-4-5-9-15(14)19(3)18-16/h4-5,8-9,12-13H,6-7,10-11H2,1-3H3. The Balaban J connectivity index is 1.75. The van der Waals surface area contributed by atoms with Crippen LogP contribution in [-0.2, 0) is 11.8 Å². The first-order valence-corrected chi connectivity index (χ1v) is 7.93. The Morgan fingerprint density at radius 1 is 1.41 bits per heavy atom. The number of benzene rings is 1. The Kier molecular flexibility index (Phi) is 4.05. The minimum atomic E-state index is -0.511. The molecule has 5 nitrogen and oxygen atoms in total. The molecule has 1 aliphatic rings. The minimum Gasteiger partial charge on any atom is -0.463 e. The van der Waals surface area contributed by atoms with Crippen molar-refractivity contribution < 1.29 is 9.53 Å². The first kappa shape index (κ1) is 14.9. The predicted molar refractivity (Wildman–Crippen MR) is 85.8 cm³/mol. The van der Waals surface area contributed by atoms with Crippen molar-refractivity contribution in [2.24, 2.45) is 13.0 Å². The van der Waals surface area contributed by atoms with Crippen molar-refractivity contribution in [3.63, 3.8) is 0 Å². The van der Waals surface area contributed by atoms with Crippen LogP contribution in [0.25, 0.3) is 10.9 Å². The molecule has 0 bridgehead atoms. The van der Waals surface area contributed by atoms with Gasteiger partial charge in [-0.3, -0.25) is 9.48 Å². The molecule has 3 rings (SSSR count). The van der Waals surface area contributed by atoms with E-state index >= 15 is 0 Å². The van der Waals surface area contributed by atoms with Gasteiger partial charge in [-0.1, -0.05) is 19.1 Å². The number of likely N-dealkylation sites (tertiary alicyclic amines) is 1. The van der Waals surface area contributed by atoms with Gasteiger partial charge in [0.25, 0.3) is 5.91 Å². The summed E-state index contributed by atoms with van der Waals surface area (Å²) < 4.78 is 7.66. The number of aromatic nitrogens is 2. The van der Waals surface area contributed by atoms with Gasteiger partial charge < -0.3 is 9.64 Å². The Morgan fingerprint density at radius 3 is 2.95 bits per heavy atom. The molecule has 0 radical (unpaired) electrons. The normalized spacial score (nSPS) is 20.1. The fourth-order valence-electron chi connectivity index (χ4n) is 3.13. The molecule has 2 aromatic rings. The predicted octanol–water partition coefficient (Wildman–Crippen LogP) is 2.60. The first-order chi connectivity index (χ1) is 10.6. The lowest BCUT2D eigenvalue weighted by Gasteiger charge is -2.32. The van der Waals surface area contributed by atoms with Crippen LogP contribution in [-0.4, -0.2) is 39.8 Å². The molecule has 0 aliphatic carbocycles. The molecule has 1 aliphatic heterocycles. The molecular weight excluding hydrogens is 278 g/mol. The molecule has 0 spiro atoms. The van der Waals surface area contributed by atoms with E-state index in [2.05, 4.69) is 12.0 Å². The number of hydrogen-bond donors (Lipinski definition) is 0. The lowest BCUT2D eigenvalue weighted by Crippen LogP contribution is -2.45. The summed E-state index contributed by atoms with van der Waals surface area (Å²) >= 11 is 0. The molecule has 1 aromatic carbocycles. The Labute approximate surface area is 130 Å². The summed E-state index contributed by atoms with van der Waals surface area (Å²) in [5, 5.41) is 5.34. The van der Waals surface area contributed by atoms with Crippen LogP contribution >= 0.6 is 0 Å². The van der Waals surface area contributed by atoms with E-state index in [9.17, 15) is 4.79 Å². The average Bonchev–Trinajstić information content (AvgIpc) is 2.83. The number of ether oxygens (including phenoxy) is 1. The van der Waals surface area contributed by atoms with Crippen molar-refractivity contribution in [3.8, 4) is 5.88 Å². The number of piperidine rings is 1. The third-order valence-corrected chi connectivity index (χ3v) is 4.33. The molecule has 118 valence electrons. The summed E-state index contributed by atoms with van der Waals surface area (Å²) in [6.45, 7) is 5.66. The number of aryl methyl sites for hydroxylation is 1. The van der Waals surface area contributed by atoms with E-state index in [1.165, 1.54) is 6.42 Å². The highest BCUT2D eigenvalue weighted by atomic mass is 16.5. The van der Waals surface area contributed by atoms with Gasteiger partial charge in [0, 0.05) is 20.1 Å². The summed E-state index contributed by atoms with van der Waals surface area (Å²) in [5.74, 6) is 1.16. The summed E-state index contributed by atoms with van der Waals surface area (Å²) in [5.41, 5.74) is 1.00. The van der Waals surface area contributed by atoms with Crippen LogP contribution in [0.2, 0.25) is 0 Å². The number of hydrogen-bond acceptors (Lipinski definition) is 3. The maximum Gasteiger partial charge on any atom is 0.263 e. The molecule has 0 saturated carbocycles. The molecule has 2 unspecified atom stereocenters. The third kappa shape index (κ3) is 2.80. The quantitative estimate of drug-likeness (QED) is 0.875. The molecule has 22 heavy (non-hydrogen) atoms. The largest absolute Gasteiger partial charge is 0.463 e. The molecule has 1 saturated heterocycles. The van der Waals surface area contributed by atoms with Crippen molar-refractivity contribution in [1.29, 1.82) is 0 Å². The monoisotopic (exact) mass is 301 g/mol. The zero-order valence-electron chi connectivity index (χ0n) is 13.5. The second-order valence-corrected chi connectivity index (χ2v) is 6.24. The van der Waals surface area contributed by atoms with E-state index in [0.29, 0.717) is 11.8 Å². The zero-order chi connectivity index (χ0) is 15.7. The van der Waals surface area contributed by atoms with Crippen LogP contribution in [0.5, 0.6) is 5.88 Å². The molecule has 1 amide bonds. The summed E-state index contributed by atoms with van der Waals surface area (Å²) in [7, 11) is 1.88. The van der Waals surface area contributed by atoms with Gasteiger partial charge in [0.15, 0.2) is 6.10 Å². The number of para-hydroxylation sites is 1. The minimum absolute atomic E-state index is 0.0567. The maximum atomic E-state index is 12.6. The average molecular weight is 301 g/mol. The van der Waals surface area contributed by atoms with Crippen LogP contribution in [0.1, 0.15) is 26.7 Å². The lowest BCUT2D eigenvalue weighted by atomic mass is 10.00. The number of nitrogens with zero attached hydrogens (tertiary/aromatic N) is 3. The number of amides is 1. The molecule has 2 heterocycles. The molecule has 0 N–H and O–H groups in total. The molecule has 1 aromatic heterocycles. The fraction of sp³-hybridized carbons (Fsp3) is 0.529. The Bertz CT molecular complexity index is 680. The second-order valence-electron chi connectivity index (χ2n) is 6.24. The highest BCUT2D eigenvalue weighted by Crippen LogP contribution is 2.25. The van der Waals surface area contributed by atoms with E-state index in [-0.39, 0.29) is 5.91 Å². The van der Waals surface area contributed by atoms with Gasteiger partial charge in [-0.05, 0) is 37.8 Å². The van der Waals surface area contributed by atoms with Crippen molar-refractivity contribution in [1.82, 2.24) is 14.7 Å². The number of carbonyl (C=O) groups is 1. The van der Waals surface area contributed by atoms with Gasteiger partial charge in [-0.15, -0.1) is 5.10 Å². The maximum absolute atomic E-state index is 12.6. The molecule has 2 atom stereocenters. The van der Waals surface area contributed by atoms with Crippen LogP contribution in [0.3, 0.4) is 0 Å². The number of rotatable bonds is 3. The van der Waals surface area contributed by atoms with E-state index < -0.39 is 6.10 Å². The van der Waals surface area contributed by atoms with Crippen molar-refractivity contribution in [3.05, 3.63) is 24.3 Å². The van der Waals surface area contributed by atoms with E-state index in [1.54, 1.807) is 4.68 Å². The van der Waals surface area contributed by atoms with Crippen molar-refractivity contribution in [2.75, 3.05) is 13.1 Å². The van der Waals surface area contributed by atoms with Gasteiger partial charge >= 0.3 is 0 Å². The number of carbonyl (C=O) groups excluding carboxylic acids is 1. The lowest BCUT2D eigenvalue weighted by molar-refractivity contribution is -0.139. The van der Waals surface area contributed by atoms with Gasteiger partial charge in [-0.25, -0.2) is 0 Å². The Morgan fingerprint density at radius 2 is 2.18 bits per heavy atom. The zero-order valence-corrected chi connectivity index (χ0v) is 13.5. The van der Waals surface area contributed by atoms with Gasteiger partial charge in [0.1, 0.15) is 0 Å². The van der Waals surface area contributed by atoms with E-state index in [1.807, 2.05) is 43.1 Å². The van der Waals surface area contributed by atoms with Gasteiger partial charge in [0.2, 0.25) is 5.88 Å².